The molecule has 2 aromatic rings. The van der Waals surface area contributed by atoms with Gasteiger partial charge in [-0.1, -0.05) is 12.1 Å². The van der Waals surface area contributed by atoms with Crippen LogP contribution in [0.3, 0.4) is 0 Å². The Morgan fingerprint density at radius 3 is 2.25 bits per heavy atom. The molecule has 1 aromatic heterocycles. The van der Waals surface area contributed by atoms with Gasteiger partial charge in [0, 0.05) is 32.4 Å². The normalized spacial score (nSPS) is 18.1. The summed E-state index contributed by atoms with van der Waals surface area (Å²) in [6.45, 7) is 5.29. The van der Waals surface area contributed by atoms with E-state index < -0.39 is 15.4 Å². The molecule has 2 saturated heterocycles. The molecule has 2 aliphatic rings. The first-order valence-electron chi connectivity index (χ1n) is 10.3. The number of ether oxygens (including phenoxy) is 3. The molecule has 172 valence electrons. The summed E-state index contributed by atoms with van der Waals surface area (Å²) in [5.41, 5.74) is 0.329. The van der Waals surface area contributed by atoms with E-state index in [2.05, 4.69) is 9.97 Å². The van der Waals surface area contributed by atoms with Gasteiger partial charge in [0.05, 0.1) is 30.5 Å². The molecule has 0 aliphatic carbocycles. The Hall–Kier alpha value is -2.92. The van der Waals surface area contributed by atoms with Gasteiger partial charge in [-0.05, 0) is 24.6 Å². The number of anilines is 1. The van der Waals surface area contributed by atoms with Crippen LogP contribution < -0.4 is 9.64 Å². The lowest BCUT2D eigenvalue weighted by Crippen LogP contribution is -2.55. The summed E-state index contributed by atoms with van der Waals surface area (Å²) in [7, 11) is -3.22. The molecule has 1 amide bonds. The number of aromatic nitrogens is 2. The Morgan fingerprint density at radius 2 is 1.72 bits per heavy atom. The Kier molecular flexibility index (Phi) is 6.20. The molecule has 0 radical (unpaired) electrons. The van der Waals surface area contributed by atoms with Crippen molar-refractivity contribution in [2.24, 2.45) is 0 Å². The minimum atomic E-state index is -3.22. The number of rotatable bonds is 6. The maximum absolute atomic E-state index is 12.3. The van der Waals surface area contributed by atoms with E-state index in [9.17, 15) is 13.2 Å². The van der Waals surface area contributed by atoms with Gasteiger partial charge in [-0.25, -0.2) is 23.2 Å². The third kappa shape index (κ3) is 5.28. The van der Waals surface area contributed by atoms with Crippen LogP contribution in [-0.4, -0.2) is 80.6 Å². The molecule has 4 rings (SSSR count). The molecule has 0 atom stereocenters. The number of carbonyl (C=O) groups is 1. The zero-order valence-electron chi connectivity index (χ0n) is 18.1. The van der Waals surface area contributed by atoms with Crippen molar-refractivity contribution in [3.63, 3.8) is 0 Å². The average Bonchev–Trinajstić information content (AvgIpc) is 2.77. The molecule has 0 bridgehead atoms. The first-order valence-corrected chi connectivity index (χ1v) is 12.2. The standard InChI is InChI=1S/C21H26N4O6S/c1-21(14-29-15-21)31-20(26)25-9-7-24(8-10-25)19-22-11-17(12-23-19)30-13-16-3-5-18(6-4-16)32(2,27)28/h3-6,11-12H,7-10,13-15H2,1-2H3. The van der Waals surface area contributed by atoms with Crippen LogP contribution in [0.4, 0.5) is 10.7 Å². The van der Waals surface area contributed by atoms with Crippen molar-refractivity contribution in [2.75, 3.05) is 50.5 Å². The van der Waals surface area contributed by atoms with Crippen LogP contribution in [0.1, 0.15) is 12.5 Å². The van der Waals surface area contributed by atoms with Crippen LogP contribution in [0, 0.1) is 0 Å². The molecule has 2 fully saturated rings. The highest BCUT2D eigenvalue weighted by molar-refractivity contribution is 7.90. The monoisotopic (exact) mass is 462 g/mol. The lowest BCUT2D eigenvalue weighted by molar-refractivity contribution is -0.172. The van der Waals surface area contributed by atoms with E-state index in [1.54, 1.807) is 41.6 Å². The van der Waals surface area contributed by atoms with Crippen LogP contribution in [-0.2, 0) is 25.9 Å². The number of carbonyl (C=O) groups excluding carboxylic acids is 1. The molecule has 11 heteroatoms. The quantitative estimate of drug-likeness (QED) is 0.630. The third-order valence-corrected chi connectivity index (χ3v) is 6.47. The molecule has 0 unspecified atom stereocenters. The van der Waals surface area contributed by atoms with Crippen LogP contribution in [0.5, 0.6) is 5.75 Å². The van der Waals surface area contributed by atoms with Gasteiger partial charge < -0.3 is 24.0 Å². The molecule has 0 saturated carbocycles. The summed E-state index contributed by atoms with van der Waals surface area (Å²) >= 11 is 0. The summed E-state index contributed by atoms with van der Waals surface area (Å²) in [5, 5.41) is 0. The Balaban J connectivity index is 1.25. The minimum Gasteiger partial charge on any atom is -0.486 e. The van der Waals surface area contributed by atoms with Crippen molar-refractivity contribution in [3.8, 4) is 5.75 Å². The molecule has 32 heavy (non-hydrogen) atoms. The lowest BCUT2D eigenvalue weighted by atomic mass is 10.1. The zero-order valence-corrected chi connectivity index (χ0v) is 18.9. The molecule has 0 spiro atoms. The van der Waals surface area contributed by atoms with Crippen LogP contribution in [0.2, 0.25) is 0 Å². The fraction of sp³-hybridized carbons (Fsp3) is 0.476. The number of piperazine rings is 1. The number of amides is 1. The zero-order chi connectivity index (χ0) is 22.8. The van der Waals surface area contributed by atoms with Crippen LogP contribution in [0.25, 0.3) is 0 Å². The van der Waals surface area contributed by atoms with E-state index in [-0.39, 0.29) is 17.6 Å². The largest absolute Gasteiger partial charge is 0.486 e. The molecule has 2 aliphatic heterocycles. The smallest absolute Gasteiger partial charge is 0.410 e. The Morgan fingerprint density at radius 1 is 1.09 bits per heavy atom. The van der Waals surface area contributed by atoms with E-state index in [1.807, 2.05) is 11.8 Å². The fourth-order valence-electron chi connectivity index (χ4n) is 3.36. The van der Waals surface area contributed by atoms with Gasteiger partial charge in [0.15, 0.2) is 21.2 Å². The second-order valence-corrected chi connectivity index (χ2v) is 10.2. The maximum atomic E-state index is 12.3. The first-order chi connectivity index (χ1) is 15.2. The second-order valence-electron chi connectivity index (χ2n) is 8.21. The van der Waals surface area contributed by atoms with E-state index in [0.717, 1.165) is 5.56 Å². The van der Waals surface area contributed by atoms with Gasteiger partial charge in [-0.15, -0.1) is 0 Å². The maximum Gasteiger partial charge on any atom is 0.410 e. The predicted molar refractivity (Wildman–Crippen MR) is 115 cm³/mol. The molecule has 10 nitrogen and oxygen atoms in total. The lowest BCUT2D eigenvalue weighted by Gasteiger charge is -2.40. The molecular formula is C21H26N4O6S. The van der Waals surface area contributed by atoms with E-state index in [0.29, 0.717) is 51.1 Å². The Bertz CT molecular complexity index is 1050. The third-order valence-electron chi connectivity index (χ3n) is 5.34. The summed E-state index contributed by atoms with van der Waals surface area (Å²) in [5.74, 6) is 1.08. The number of hydrogen-bond donors (Lipinski definition) is 0. The fourth-order valence-corrected chi connectivity index (χ4v) is 3.99. The van der Waals surface area contributed by atoms with Crippen molar-refractivity contribution < 1.29 is 27.4 Å². The van der Waals surface area contributed by atoms with E-state index in [1.165, 1.54) is 6.26 Å². The number of nitrogens with zero attached hydrogens (tertiary/aromatic N) is 4. The van der Waals surface area contributed by atoms with Gasteiger partial charge in [-0.3, -0.25) is 0 Å². The minimum absolute atomic E-state index is 0.272. The molecule has 0 N–H and O–H groups in total. The van der Waals surface area contributed by atoms with Crippen LogP contribution >= 0.6 is 0 Å². The van der Waals surface area contributed by atoms with Gasteiger partial charge in [-0.2, -0.15) is 0 Å². The highest BCUT2D eigenvalue weighted by Gasteiger charge is 2.39. The summed E-state index contributed by atoms with van der Waals surface area (Å²) in [6.07, 6.45) is 4.06. The van der Waals surface area contributed by atoms with Gasteiger partial charge >= 0.3 is 6.09 Å². The second kappa shape index (κ2) is 8.91. The van der Waals surface area contributed by atoms with Crippen LogP contribution in [0.15, 0.2) is 41.6 Å². The topological polar surface area (TPSA) is 111 Å². The molecule has 3 heterocycles. The van der Waals surface area contributed by atoms with Crippen molar-refractivity contribution in [1.29, 1.82) is 0 Å². The highest BCUT2D eigenvalue weighted by Crippen LogP contribution is 2.23. The van der Waals surface area contributed by atoms with Gasteiger partial charge in [0.2, 0.25) is 5.95 Å². The number of hydrogen-bond acceptors (Lipinski definition) is 9. The van der Waals surface area contributed by atoms with Crippen molar-refractivity contribution in [1.82, 2.24) is 14.9 Å². The first kappa shape index (κ1) is 22.3. The van der Waals surface area contributed by atoms with Crippen molar-refractivity contribution in [2.45, 2.75) is 24.0 Å². The average molecular weight is 463 g/mol. The summed E-state index contributed by atoms with van der Waals surface area (Å²) in [6, 6.07) is 6.55. The SMILES string of the molecule is CC1(OC(=O)N2CCN(c3ncc(OCc4ccc(S(C)(=O)=O)cc4)cn3)CC2)COC1. The van der Waals surface area contributed by atoms with Crippen molar-refractivity contribution >= 4 is 21.9 Å². The van der Waals surface area contributed by atoms with E-state index >= 15 is 0 Å². The Labute approximate surface area is 187 Å². The van der Waals surface area contributed by atoms with Gasteiger partial charge in [0.1, 0.15) is 6.61 Å². The van der Waals surface area contributed by atoms with Gasteiger partial charge in [0.25, 0.3) is 0 Å². The molecular weight excluding hydrogens is 436 g/mol. The number of benzene rings is 1. The van der Waals surface area contributed by atoms with Crippen molar-refractivity contribution in [3.05, 3.63) is 42.2 Å². The summed E-state index contributed by atoms with van der Waals surface area (Å²) < 4.78 is 39.4. The molecule has 1 aromatic carbocycles. The summed E-state index contributed by atoms with van der Waals surface area (Å²) in [4.78, 5) is 25.0. The predicted octanol–water partition coefficient (Wildman–Crippen LogP) is 1.51. The highest BCUT2D eigenvalue weighted by atomic mass is 32.2. The van der Waals surface area contributed by atoms with E-state index in [4.69, 9.17) is 14.2 Å². The number of sulfone groups is 1.